The van der Waals surface area contributed by atoms with Crippen LogP contribution in [0.1, 0.15) is 15.9 Å². The molecule has 0 saturated carbocycles. The molecule has 5 aromatic rings. The van der Waals surface area contributed by atoms with Crippen LogP contribution in [0.25, 0.3) is 10.9 Å². The summed E-state index contributed by atoms with van der Waals surface area (Å²) in [6.45, 7) is 0. The molecule has 0 fully saturated rings. The summed E-state index contributed by atoms with van der Waals surface area (Å²) in [4.78, 5) is 21.7. The quantitative estimate of drug-likeness (QED) is 0.144. The second-order valence-electron chi connectivity index (χ2n) is 8.00. The maximum Gasteiger partial charge on any atom is 0.267 e. The maximum absolute atomic E-state index is 13.2. The SMILES string of the molecule is N#Cc1ccc2nccc(Nc3ccc(C(=O)N(I)c4cccc(N(I)c5ccncc5)c4)cc3)c2c1. The van der Waals surface area contributed by atoms with Gasteiger partial charge in [0.05, 0.1) is 79.9 Å². The minimum atomic E-state index is -0.124. The van der Waals surface area contributed by atoms with Crippen molar-refractivity contribution >= 4 is 91.0 Å². The van der Waals surface area contributed by atoms with E-state index in [-0.39, 0.29) is 5.91 Å². The van der Waals surface area contributed by atoms with Crippen LogP contribution in [0.15, 0.2) is 104 Å². The molecule has 7 nitrogen and oxygen atoms in total. The van der Waals surface area contributed by atoms with Gasteiger partial charge in [0.2, 0.25) is 0 Å². The summed E-state index contributed by atoms with van der Waals surface area (Å²) in [5.41, 5.74) is 6.32. The molecule has 37 heavy (non-hydrogen) atoms. The van der Waals surface area contributed by atoms with Gasteiger partial charge in [0.1, 0.15) is 0 Å². The third-order valence-corrected chi connectivity index (χ3v) is 7.74. The highest BCUT2D eigenvalue weighted by Crippen LogP contribution is 2.33. The fraction of sp³-hybridized carbons (Fsp3) is 0. The first kappa shape index (κ1) is 24.9. The number of nitriles is 1. The minimum Gasteiger partial charge on any atom is -0.355 e. The van der Waals surface area contributed by atoms with Crippen LogP contribution in [0, 0.1) is 11.3 Å². The van der Waals surface area contributed by atoms with Gasteiger partial charge in [0.15, 0.2) is 0 Å². The molecule has 2 heterocycles. The van der Waals surface area contributed by atoms with Crippen molar-refractivity contribution < 1.29 is 4.79 Å². The van der Waals surface area contributed by atoms with Crippen molar-refractivity contribution in [1.29, 1.82) is 5.26 Å². The molecule has 1 amide bonds. The van der Waals surface area contributed by atoms with Gasteiger partial charge < -0.3 is 5.32 Å². The fourth-order valence-electron chi connectivity index (χ4n) is 3.77. The standard InChI is InChI=1S/C28H18I2N6O/c29-35(22-10-13-32-14-11-22)23-2-1-3-24(17-23)36(30)28(37)20-5-7-21(8-6-20)34-27-12-15-33-26-9-4-19(18-31)16-25(26)27/h1-17H,(H,33,34). The zero-order valence-corrected chi connectivity index (χ0v) is 23.5. The van der Waals surface area contributed by atoms with Gasteiger partial charge >= 0.3 is 0 Å². The van der Waals surface area contributed by atoms with Crippen LogP contribution in [-0.4, -0.2) is 15.9 Å². The topological polar surface area (TPSA) is 85.1 Å². The molecule has 0 bridgehead atoms. The van der Waals surface area contributed by atoms with Crippen LogP contribution < -0.4 is 11.5 Å². The molecule has 0 aliphatic heterocycles. The molecule has 0 radical (unpaired) electrons. The highest BCUT2D eigenvalue weighted by atomic mass is 127. The van der Waals surface area contributed by atoms with Crippen LogP contribution in [0.3, 0.4) is 0 Å². The van der Waals surface area contributed by atoms with Crippen LogP contribution in [0.4, 0.5) is 28.4 Å². The van der Waals surface area contributed by atoms with E-state index >= 15 is 0 Å². The van der Waals surface area contributed by atoms with Crippen molar-refractivity contribution in [3.8, 4) is 6.07 Å². The summed E-state index contributed by atoms with van der Waals surface area (Å²) in [5, 5.41) is 13.5. The summed E-state index contributed by atoms with van der Waals surface area (Å²) < 4.78 is 3.63. The van der Waals surface area contributed by atoms with E-state index in [4.69, 9.17) is 0 Å². The van der Waals surface area contributed by atoms with Gasteiger partial charge in [-0.05, 0) is 78.9 Å². The molecule has 0 spiro atoms. The molecule has 1 N–H and O–H groups in total. The van der Waals surface area contributed by atoms with E-state index in [1.165, 1.54) is 0 Å². The predicted molar refractivity (Wildman–Crippen MR) is 164 cm³/mol. The summed E-state index contributed by atoms with van der Waals surface area (Å²) in [7, 11) is 0. The van der Waals surface area contributed by atoms with E-state index in [2.05, 4.69) is 44.2 Å². The number of amides is 1. The van der Waals surface area contributed by atoms with Crippen molar-refractivity contribution in [1.82, 2.24) is 9.97 Å². The Labute approximate surface area is 241 Å². The third kappa shape index (κ3) is 5.50. The zero-order chi connectivity index (χ0) is 25.8. The molecular formula is C28H18I2N6O. The highest BCUT2D eigenvalue weighted by molar-refractivity contribution is 14.1. The van der Waals surface area contributed by atoms with Crippen molar-refractivity contribution in [3.63, 3.8) is 0 Å². The van der Waals surface area contributed by atoms with E-state index in [0.29, 0.717) is 11.1 Å². The number of pyridine rings is 2. The Balaban J connectivity index is 1.33. The number of aromatic nitrogens is 2. The maximum atomic E-state index is 13.2. The Morgan fingerprint density at radius 1 is 0.838 bits per heavy atom. The predicted octanol–water partition coefficient (Wildman–Crippen LogP) is 7.73. The summed E-state index contributed by atoms with van der Waals surface area (Å²) in [6.07, 6.45) is 5.22. The van der Waals surface area contributed by atoms with Crippen molar-refractivity contribution in [2.75, 3.05) is 11.5 Å². The summed E-state index contributed by atoms with van der Waals surface area (Å²) in [5.74, 6) is -0.124. The number of anilines is 5. The molecule has 0 saturated heterocycles. The second-order valence-corrected chi connectivity index (χ2v) is 9.93. The van der Waals surface area contributed by atoms with Gasteiger partial charge in [-0.1, -0.05) is 6.07 Å². The molecule has 2 aromatic heterocycles. The lowest BCUT2D eigenvalue weighted by molar-refractivity contribution is 0.101. The Hall–Kier alpha value is -3.76. The number of carbonyl (C=O) groups excluding carboxylic acids is 1. The molecule has 0 aliphatic carbocycles. The van der Waals surface area contributed by atoms with Gasteiger partial charge in [0, 0.05) is 40.9 Å². The largest absolute Gasteiger partial charge is 0.355 e. The average Bonchev–Trinajstić information content (AvgIpc) is 2.97. The van der Waals surface area contributed by atoms with E-state index in [9.17, 15) is 10.1 Å². The Kier molecular flexibility index (Phi) is 7.47. The lowest BCUT2D eigenvalue weighted by Crippen LogP contribution is -2.20. The number of benzene rings is 3. The van der Waals surface area contributed by atoms with Crippen LogP contribution in [0.5, 0.6) is 0 Å². The van der Waals surface area contributed by atoms with Gasteiger partial charge in [0.25, 0.3) is 5.91 Å². The van der Waals surface area contributed by atoms with Gasteiger partial charge in [-0.25, -0.2) is 3.11 Å². The van der Waals surface area contributed by atoms with Crippen LogP contribution >= 0.6 is 45.7 Å². The van der Waals surface area contributed by atoms with E-state index in [0.717, 1.165) is 39.3 Å². The Bertz CT molecular complexity index is 1620. The van der Waals surface area contributed by atoms with E-state index in [1.807, 2.05) is 92.7 Å². The lowest BCUT2D eigenvalue weighted by Gasteiger charge is -2.20. The monoisotopic (exact) mass is 708 g/mol. The van der Waals surface area contributed by atoms with Crippen molar-refractivity contribution in [2.24, 2.45) is 0 Å². The second kappa shape index (κ2) is 11.1. The first-order chi connectivity index (χ1) is 18.0. The number of carbonyl (C=O) groups is 1. The average molecular weight is 708 g/mol. The first-order valence-electron chi connectivity index (χ1n) is 11.2. The summed E-state index contributed by atoms with van der Waals surface area (Å²) in [6, 6.07) is 28.4. The normalized spacial score (nSPS) is 10.5. The molecule has 5 rings (SSSR count). The molecule has 0 aliphatic rings. The number of nitrogens with one attached hydrogen (secondary N) is 1. The minimum absolute atomic E-state index is 0.124. The smallest absolute Gasteiger partial charge is 0.267 e. The van der Waals surface area contributed by atoms with E-state index < -0.39 is 0 Å². The number of rotatable bonds is 6. The van der Waals surface area contributed by atoms with E-state index in [1.54, 1.807) is 39.9 Å². The van der Waals surface area contributed by atoms with Crippen LogP contribution in [-0.2, 0) is 0 Å². The Morgan fingerprint density at radius 3 is 2.35 bits per heavy atom. The molecule has 9 heteroatoms. The third-order valence-electron chi connectivity index (χ3n) is 5.63. The number of hydrogen-bond acceptors (Lipinski definition) is 6. The Morgan fingerprint density at radius 2 is 1.59 bits per heavy atom. The molecule has 3 aromatic carbocycles. The number of hydrogen-bond donors (Lipinski definition) is 1. The van der Waals surface area contributed by atoms with Gasteiger partial charge in [-0.15, -0.1) is 0 Å². The molecule has 0 atom stereocenters. The number of halogens is 2. The number of nitrogens with zero attached hydrogens (tertiary/aromatic N) is 5. The molecule has 180 valence electrons. The van der Waals surface area contributed by atoms with Gasteiger partial charge in [-0.3, -0.25) is 17.9 Å². The number of fused-ring (bicyclic) bond motifs is 1. The highest BCUT2D eigenvalue weighted by Gasteiger charge is 2.17. The zero-order valence-electron chi connectivity index (χ0n) is 19.2. The van der Waals surface area contributed by atoms with Crippen molar-refractivity contribution in [3.05, 3.63) is 115 Å². The summed E-state index contributed by atoms with van der Waals surface area (Å²) >= 11 is 4.28. The molecular weight excluding hydrogens is 690 g/mol. The molecule has 0 unspecified atom stereocenters. The fourth-order valence-corrected chi connectivity index (χ4v) is 4.97. The van der Waals surface area contributed by atoms with Gasteiger partial charge in [-0.2, -0.15) is 5.26 Å². The lowest BCUT2D eigenvalue weighted by atomic mass is 10.1. The van der Waals surface area contributed by atoms with Crippen molar-refractivity contribution in [2.45, 2.75) is 0 Å². The van der Waals surface area contributed by atoms with Crippen LogP contribution in [0.2, 0.25) is 0 Å². The first-order valence-corrected chi connectivity index (χ1v) is 13.1.